The molecule has 2 rings (SSSR count). The molecule has 1 amide bonds. The van der Waals surface area contributed by atoms with E-state index in [-0.39, 0.29) is 18.6 Å². The number of hydrogen-bond acceptors (Lipinski definition) is 6. The van der Waals surface area contributed by atoms with Crippen molar-refractivity contribution in [2.75, 3.05) is 29.6 Å². The molecule has 9 heteroatoms. The van der Waals surface area contributed by atoms with Crippen molar-refractivity contribution in [3.8, 4) is 5.75 Å². The van der Waals surface area contributed by atoms with Crippen LogP contribution in [-0.2, 0) is 19.6 Å². The molecule has 2 aromatic carbocycles. The number of anilines is 2. The van der Waals surface area contributed by atoms with Gasteiger partial charge in [-0.05, 0) is 55.8 Å². The molecule has 0 radical (unpaired) electrons. The number of methoxy groups -OCH3 is 1. The predicted molar refractivity (Wildman–Crippen MR) is 115 cm³/mol. The highest BCUT2D eigenvalue weighted by Crippen LogP contribution is 2.26. The maximum absolute atomic E-state index is 13.0. The summed E-state index contributed by atoms with van der Waals surface area (Å²) in [4.78, 5) is 24.9. The molecule has 0 aliphatic heterocycles. The van der Waals surface area contributed by atoms with Crippen molar-refractivity contribution in [1.82, 2.24) is 0 Å². The van der Waals surface area contributed by atoms with Gasteiger partial charge in [0.1, 0.15) is 11.8 Å². The van der Waals surface area contributed by atoms with Gasteiger partial charge in [0.15, 0.2) is 0 Å². The first kappa shape index (κ1) is 23.2. The standard InChI is InChI=1S/C21H26N2O6S/c1-5-19(23(30(4,26)27)17-10-12-18(28-3)13-11-17)20(24)22-16-9-7-8-15(14-16)21(25)29-6-2/h7-14,19H,5-6H2,1-4H3,(H,22,24). The molecule has 0 aromatic heterocycles. The van der Waals surface area contributed by atoms with Gasteiger partial charge < -0.3 is 14.8 Å². The third-order valence-corrected chi connectivity index (χ3v) is 5.48. The smallest absolute Gasteiger partial charge is 0.338 e. The van der Waals surface area contributed by atoms with E-state index < -0.39 is 27.9 Å². The first-order valence-electron chi connectivity index (χ1n) is 9.42. The normalized spacial score (nSPS) is 12.0. The molecule has 1 atom stereocenters. The van der Waals surface area contributed by atoms with E-state index in [0.717, 1.165) is 10.6 Å². The van der Waals surface area contributed by atoms with Crippen molar-refractivity contribution in [3.63, 3.8) is 0 Å². The van der Waals surface area contributed by atoms with Gasteiger partial charge in [0.05, 0.1) is 31.2 Å². The molecule has 0 saturated carbocycles. The Balaban J connectivity index is 2.32. The van der Waals surface area contributed by atoms with Crippen LogP contribution >= 0.6 is 0 Å². The van der Waals surface area contributed by atoms with E-state index in [2.05, 4.69) is 5.32 Å². The van der Waals surface area contributed by atoms with Crippen molar-refractivity contribution < 1.29 is 27.5 Å². The largest absolute Gasteiger partial charge is 0.497 e. The molecule has 2 aromatic rings. The van der Waals surface area contributed by atoms with Crippen LogP contribution in [0.1, 0.15) is 30.6 Å². The highest BCUT2D eigenvalue weighted by atomic mass is 32.2. The monoisotopic (exact) mass is 434 g/mol. The number of hydrogen-bond donors (Lipinski definition) is 1. The summed E-state index contributed by atoms with van der Waals surface area (Å²) in [5.74, 6) is -0.447. The van der Waals surface area contributed by atoms with Crippen molar-refractivity contribution >= 4 is 33.3 Å². The summed E-state index contributed by atoms with van der Waals surface area (Å²) in [6, 6.07) is 11.7. The number of sulfonamides is 1. The van der Waals surface area contributed by atoms with Crippen molar-refractivity contribution in [2.45, 2.75) is 26.3 Å². The topological polar surface area (TPSA) is 102 Å². The SMILES string of the molecule is CCOC(=O)c1cccc(NC(=O)C(CC)N(c2ccc(OC)cc2)S(C)(=O)=O)c1. The third-order valence-electron chi connectivity index (χ3n) is 4.30. The van der Waals surface area contributed by atoms with Crippen LogP contribution in [0.2, 0.25) is 0 Å². The van der Waals surface area contributed by atoms with Crippen LogP contribution in [0.3, 0.4) is 0 Å². The van der Waals surface area contributed by atoms with Gasteiger partial charge in [-0.1, -0.05) is 13.0 Å². The minimum Gasteiger partial charge on any atom is -0.497 e. The molecule has 0 heterocycles. The Bertz CT molecular complexity index is 989. The van der Waals surface area contributed by atoms with E-state index in [1.807, 2.05) is 0 Å². The number of amides is 1. The number of carbonyl (C=O) groups is 2. The summed E-state index contributed by atoms with van der Waals surface area (Å²) in [7, 11) is -2.25. The lowest BCUT2D eigenvalue weighted by Gasteiger charge is -2.30. The van der Waals surface area contributed by atoms with Crippen LogP contribution in [0.15, 0.2) is 48.5 Å². The summed E-state index contributed by atoms with van der Waals surface area (Å²) in [6.45, 7) is 3.66. The van der Waals surface area contributed by atoms with Crippen LogP contribution in [0.5, 0.6) is 5.75 Å². The summed E-state index contributed by atoms with van der Waals surface area (Å²) in [5, 5.41) is 2.70. The van der Waals surface area contributed by atoms with Crippen molar-refractivity contribution in [3.05, 3.63) is 54.1 Å². The highest BCUT2D eigenvalue weighted by Gasteiger charge is 2.31. The van der Waals surface area contributed by atoms with Crippen LogP contribution in [0, 0.1) is 0 Å². The Labute approximate surface area is 176 Å². The molecule has 1 unspecified atom stereocenters. The Morgan fingerprint density at radius 2 is 1.77 bits per heavy atom. The van der Waals surface area contributed by atoms with Gasteiger partial charge >= 0.3 is 5.97 Å². The second-order valence-corrected chi connectivity index (χ2v) is 8.33. The summed E-state index contributed by atoms with van der Waals surface area (Å²) < 4.78 is 36.2. The van der Waals surface area contributed by atoms with E-state index in [0.29, 0.717) is 17.1 Å². The van der Waals surface area contributed by atoms with E-state index in [1.165, 1.54) is 13.2 Å². The number of rotatable bonds is 9. The Kier molecular flexibility index (Phi) is 7.82. The average Bonchev–Trinajstić information content (AvgIpc) is 2.71. The molecule has 30 heavy (non-hydrogen) atoms. The summed E-state index contributed by atoms with van der Waals surface area (Å²) in [6.07, 6.45) is 1.29. The fourth-order valence-electron chi connectivity index (χ4n) is 2.95. The van der Waals surface area contributed by atoms with Crippen LogP contribution in [0.25, 0.3) is 0 Å². The number of nitrogens with zero attached hydrogens (tertiary/aromatic N) is 1. The maximum atomic E-state index is 13.0. The fourth-order valence-corrected chi connectivity index (χ4v) is 4.17. The van der Waals surface area contributed by atoms with E-state index in [4.69, 9.17) is 9.47 Å². The Morgan fingerprint density at radius 1 is 1.10 bits per heavy atom. The van der Waals surface area contributed by atoms with Crippen molar-refractivity contribution in [1.29, 1.82) is 0 Å². The zero-order valence-electron chi connectivity index (χ0n) is 17.4. The molecule has 0 spiro atoms. The second kappa shape index (κ2) is 10.1. The molecule has 1 N–H and O–H groups in total. The zero-order valence-corrected chi connectivity index (χ0v) is 18.2. The molecule has 0 aliphatic carbocycles. The minimum absolute atomic E-state index is 0.235. The minimum atomic E-state index is -3.76. The maximum Gasteiger partial charge on any atom is 0.338 e. The molecular weight excluding hydrogens is 408 g/mol. The van der Waals surface area contributed by atoms with Crippen LogP contribution in [-0.4, -0.2) is 46.3 Å². The number of nitrogens with one attached hydrogen (secondary N) is 1. The van der Waals surface area contributed by atoms with E-state index >= 15 is 0 Å². The molecule has 8 nitrogen and oxygen atoms in total. The molecule has 0 bridgehead atoms. The molecule has 162 valence electrons. The molecule has 0 fully saturated rings. The first-order chi connectivity index (χ1) is 14.2. The van der Waals surface area contributed by atoms with Gasteiger partial charge in [-0.2, -0.15) is 0 Å². The van der Waals surface area contributed by atoms with Crippen LogP contribution < -0.4 is 14.4 Å². The molecular formula is C21H26N2O6S. The van der Waals surface area contributed by atoms with E-state index in [1.54, 1.807) is 56.3 Å². The van der Waals surface area contributed by atoms with Crippen molar-refractivity contribution in [2.24, 2.45) is 0 Å². The Morgan fingerprint density at radius 3 is 2.30 bits per heavy atom. The third kappa shape index (κ3) is 5.73. The highest BCUT2D eigenvalue weighted by molar-refractivity contribution is 7.92. The molecule has 0 aliphatic rings. The summed E-state index contributed by atoms with van der Waals surface area (Å²) in [5.41, 5.74) is 1.01. The first-order valence-corrected chi connectivity index (χ1v) is 11.3. The van der Waals surface area contributed by atoms with Gasteiger partial charge in [0.25, 0.3) is 0 Å². The van der Waals surface area contributed by atoms with E-state index in [9.17, 15) is 18.0 Å². The predicted octanol–water partition coefficient (Wildman–Crippen LogP) is 3.06. The van der Waals surface area contributed by atoms with Gasteiger partial charge in [0, 0.05) is 5.69 Å². The lowest BCUT2D eigenvalue weighted by atomic mass is 10.1. The van der Waals surface area contributed by atoms with Gasteiger partial charge in [0.2, 0.25) is 15.9 Å². The summed E-state index contributed by atoms with van der Waals surface area (Å²) >= 11 is 0. The van der Waals surface area contributed by atoms with Gasteiger partial charge in [-0.25, -0.2) is 13.2 Å². The number of ether oxygens (including phenoxy) is 2. The van der Waals surface area contributed by atoms with Gasteiger partial charge in [-0.3, -0.25) is 9.10 Å². The number of benzene rings is 2. The fraction of sp³-hybridized carbons (Fsp3) is 0.333. The number of carbonyl (C=O) groups excluding carboxylic acids is 2. The Hall–Kier alpha value is -3.07. The molecule has 0 saturated heterocycles. The quantitative estimate of drug-likeness (QED) is 0.609. The number of esters is 1. The lowest BCUT2D eigenvalue weighted by molar-refractivity contribution is -0.117. The zero-order chi connectivity index (χ0) is 22.3. The van der Waals surface area contributed by atoms with Gasteiger partial charge in [-0.15, -0.1) is 0 Å². The van der Waals surface area contributed by atoms with Crippen LogP contribution in [0.4, 0.5) is 11.4 Å². The lowest BCUT2D eigenvalue weighted by Crippen LogP contribution is -2.47. The second-order valence-electron chi connectivity index (χ2n) is 6.47. The average molecular weight is 435 g/mol.